The number of thioether (sulfide) groups is 1. The van der Waals surface area contributed by atoms with Crippen LogP contribution < -0.4 is 10.1 Å². The van der Waals surface area contributed by atoms with Gasteiger partial charge < -0.3 is 15.2 Å². The standard InChI is InChI=1S/C21H29NO3S/c1-7-15(5)16(6)26-20(14(3)4)12-22-18-10-9-11-19(17(18)8-2)25-13-21(23)24/h8-11,22H,2,7,12-13H2,1,3-6H3,(H,23,24)/b16-15+. The summed E-state index contributed by atoms with van der Waals surface area (Å²) < 4.78 is 5.36. The molecule has 0 heterocycles. The third kappa shape index (κ3) is 6.64. The van der Waals surface area contributed by atoms with Crippen molar-refractivity contribution >= 4 is 29.5 Å². The maximum Gasteiger partial charge on any atom is 0.341 e. The van der Waals surface area contributed by atoms with Crippen molar-refractivity contribution in [3.05, 3.63) is 51.3 Å². The van der Waals surface area contributed by atoms with Crippen molar-refractivity contribution in [2.75, 3.05) is 18.5 Å². The van der Waals surface area contributed by atoms with Gasteiger partial charge in [-0.15, -0.1) is 0 Å². The lowest BCUT2D eigenvalue weighted by Crippen LogP contribution is -2.11. The van der Waals surface area contributed by atoms with Crippen molar-refractivity contribution in [2.45, 2.75) is 41.0 Å². The summed E-state index contributed by atoms with van der Waals surface area (Å²) in [7, 11) is 0. The zero-order valence-electron chi connectivity index (χ0n) is 16.3. The predicted molar refractivity (Wildman–Crippen MR) is 113 cm³/mol. The molecule has 0 atom stereocenters. The van der Waals surface area contributed by atoms with Crippen LogP contribution in [0, 0.1) is 0 Å². The number of allylic oxidation sites excluding steroid dienone is 3. The first-order valence-electron chi connectivity index (χ1n) is 8.64. The van der Waals surface area contributed by atoms with Crippen LogP contribution in [0.2, 0.25) is 0 Å². The molecule has 0 aliphatic heterocycles. The summed E-state index contributed by atoms with van der Waals surface area (Å²) in [5, 5.41) is 12.3. The number of carboxylic acids is 1. The molecule has 0 fully saturated rings. The zero-order chi connectivity index (χ0) is 19.7. The number of ether oxygens (including phenoxy) is 1. The number of carbonyl (C=O) groups is 1. The molecule has 0 aliphatic carbocycles. The number of rotatable bonds is 10. The first-order chi connectivity index (χ1) is 12.3. The summed E-state index contributed by atoms with van der Waals surface area (Å²) in [6.45, 7) is 14.8. The largest absolute Gasteiger partial charge is 0.481 e. The van der Waals surface area contributed by atoms with Crippen LogP contribution in [0.1, 0.15) is 46.6 Å². The smallest absolute Gasteiger partial charge is 0.341 e. The Morgan fingerprint density at radius 3 is 2.54 bits per heavy atom. The molecule has 0 unspecified atom stereocenters. The van der Waals surface area contributed by atoms with E-state index >= 15 is 0 Å². The van der Waals surface area contributed by atoms with E-state index in [1.807, 2.05) is 12.1 Å². The Morgan fingerprint density at radius 1 is 1.31 bits per heavy atom. The zero-order valence-corrected chi connectivity index (χ0v) is 17.1. The van der Waals surface area contributed by atoms with E-state index < -0.39 is 5.97 Å². The molecule has 5 heteroatoms. The Balaban J connectivity index is 2.97. The van der Waals surface area contributed by atoms with Crippen LogP contribution >= 0.6 is 11.8 Å². The maximum atomic E-state index is 10.7. The Morgan fingerprint density at radius 2 is 2.00 bits per heavy atom. The molecule has 0 amide bonds. The number of nitrogens with one attached hydrogen (secondary N) is 1. The number of carboxylic acid groups (broad SMARTS) is 1. The summed E-state index contributed by atoms with van der Waals surface area (Å²) in [5.74, 6) is -0.494. The summed E-state index contributed by atoms with van der Waals surface area (Å²) >= 11 is 1.80. The van der Waals surface area contributed by atoms with Crippen LogP contribution in [0.25, 0.3) is 6.08 Å². The van der Waals surface area contributed by atoms with E-state index in [0.717, 1.165) is 17.7 Å². The quantitative estimate of drug-likeness (QED) is 0.530. The van der Waals surface area contributed by atoms with E-state index in [2.05, 4.69) is 46.5 Å². The molecule has 26 heavy (non-hydrogen) atoms. The van der Waals surface area contributed by atoms with E-state index in [1.165, 1.54) is 21.0 Å². The molecule has 2 N–H and O–H groups in total. The van der Waals surface area contributed by atoms with Gasteiger partial charge in [0.05, 0.1) is 0 Å². The molecule has 1 rings (SSSR count). The Labute approximate surface area is 161 Å². The van der Waals surface area contributed by atoms with Gasteiger partial charge in [0.15, 0.2) is 6.61 Å². The van der Waals surface area contributed by atoms with Crippen LogP contribution in [0.3, 0.4) is 0 Å². The molecule has 0 bridgehead atoms. The molecule has 142 valence electrons. The maximum absolute atomic E-state index is 10.7. The van der Waals surface area contributed by atoms with Gasteiger partial charge in [0.1, 0.15) is 5.75 Å². The number of benzene rings is 1. The van der Waals surface area contributed by atoms with Crippen molar-refractivity contribution in [2.24, 2.45) is 0 Å². The SMILES string of the molecule is C=Cc1c(NCC(S/C(C)=C(\C)CC)=C(C)C)cccc1OCC(=O)O. The van der Waals surface area contributed by atoms with E-state index in [4.69, 9.17) is 9.84 Å². The third-order valence-electron chi connectivity index (χ3n) is 4.03. The lowest BCUT2D eigenvalue weighted by atomic mass is 10.1. The van der Waals surface area contributed by atoms with Gasteiger partial charge in [0.2, 0.25) is 0 Å². The monoisotopic (exact) mass is 375 g/mol. The minimum absolute atomic E-state index is 0.375. The van der Waals surface area contributed by atoms with E-state index in [-0.39, 0.29) is 6.61 Å². The number of anilines is 1. The van der Waals surface area contributed by atoms with Crippen LogP contribution in [0.15, 0.2) is 45.7 Å². The normalized spacial score (nSPS) is 11.4. The lowest BCUT2D eigenvalue weighted by Gasteiger charge is -2.17. The minimum Gasteiger partial charge on any atom is -0.481 e. The van der Waals surface area contributed by atoms with Crippen LogP contribution in [-0.2, 0) is 4.79 Å². The van der Waals surface area contributed by atoms with Crippen LogP contribution in [-0.4, -0.2) is 24.2 Å². The molecule has 0 saturated carbocycles. The van der Waals surface area contributed by atoms with Gasteiger partial charge in [0.25, 0.3) is 0 Å². The predicted octanol–water partition coefficient (Wildman–Crippen LogP) is 5.94. The van der Waals surface area contributed by atoms with Crippen LogP contribution in [0.5, 0.6) is 5.75 Å². The highest BCUT2D eigenvalue weighted by Gasteiger charge is 2.10. The number of hydrogen-bond acceptors (Lipinski definition) is 4. The fraction of sp³-hybridized carbons (Fsp3) is 0.381. The second-order valence-electron chi connectivity index (χ2n) is 6.17. The molecule has 0 saturated heterocycles. The molecule has 1 aromatic rings. The Bertz CT molecular complexity index is 716. The Kier molecular flexibility index (Phi) is 9.07. The van der Waals surface area contributed by atoms with Crippen molar-refractivity contribution in [3.8, 4) is 5.75 Å². The van der Waals surface area contributed by atoms with Gasteiger partial charge in [-0.2, -0.15) is 0 Å². The molecule has 0 radical (unpaired) electrons. The molecule has 0 aromatic heterocycles. The number of hydrogen-bond donors (Lipinski definition) is 2. The van der Waals surface area contributed by atoms with Gasteiger partial charge in [-0.3, -0.25) is 0 Å². The first kappa shape index (κ1) is 21.9. The third-order valence-corrected chi connectivity index (χ3v) is 5.48. The van der Waals surface area contributed by atoms with E-state index in [9.17, 15) is 4.79 Å². The van der Waals surface area contributed by atoms with Crippen molar-refractivity contribution in [1.29, 1.82) is 0 Å². The second kappa shape index (κ2) is 10.8. The topological polar surface area (TPSA) is 58.6 Å². The molecular weight excluding hydrogens is 346 g/mol. The molecule has 1 aromatic carbocycles. The highest BCUT2D eigenvalue weighted by Crippen LogP contribution is 2.32. The summed E-state index contributed by atoms with van der Waals surface area (Å²) in [5.41, 5.74) is 4.30. The molecular formula is C21H29NO3S. The van der Waals surface area contributed by atoms with Crippen molar-refractivity contribution in [1.82, 2.24) is 0 Å². The first-order valence-corrected chi connectivity index (χ1v) is 9.46. The lowest BCUT2D eigenvalue weighted by molar-refractivity contribution is -0.139. The van der Waals surface area contributed by atoms with Gasteiger partial charge in [-0.05, 0) is 51.2 Å². The summed E-state index contributed by atoms with van der Waals surface area (Å²) in [4.78, 5) is 13.3. The fourth-order valence-corrected chi connectivity index (χ4v) is 3.22. The average Bonchev–Trinajstić information content (AvgIpc) is 2.61. The van der Waals surface area contributed by atoms with Crippen molar-refractivity contribution < 1.29 is 14.6 Å². The fourth-order valence-electron chi connectivity index (χ4n) is 2.19. The van der Waals surface area contributed by atoms with Gasteiger partial charge in [-0.1, -0.05) is 48.6 Å². The second-order valence-corrected chi connectivity index (χ2v) is 7.48. The van der Waals surface area contributed by atoms with Crippen LogP contribution in [0.4, 0.5) is 5.69 Å². The highest BCUT2D eigenvalue weighted by molar-refractivity contribution is 8.06. The number of aliphatic carboxylic acids is 1. The average molecular weight is 376 g/mol. The minimum atomic E-state index is -1.00. The van der Waals surface area contributed by atoms with E-state index in [1.54, 1.807) is 23.9 Å². The molecule has 0 spiro atoms. The highest BCUT2D eigenvalue weighted by atomic mass is 32.2. The van der Waals surface area contributed by atoms with E-state index in [0.29, 0.717) is 12.3 Å². The van der Waals surface area contributed by atoms with Gasteiger partial charge in [-0.25, -0.2) is 4.79 Å². The van der Waals surface area contributed by atoms with Gasteiger partial charge in [0, 0.05) is 22.7 Å². The summed E-state index contributed by atoms with van der Waals surface area (Å²) in [6, 6.07) is 5.53. The Hall–Kier alpha value is -2.14. The van der Waals surface area contributed by atoms with Crippen molar-refractivity contribution in [3.63, 3.8) is 0 Å². The van der Waals surface area contributed by atoms with Gasteiger partial charge >= 0.3 is 5.97 Å². The summed E-state index contributed by atoms with van der Waals surface area (Å²) in [6.07, 6.45) is 2.73. The molecule has 0 aliphatic rings. The molecule has 4 nitrogen and oxygen atoms in total.